The monoisotopic (exact) mass is 200 g/mol. The van der Waals surface area contributed by atoms with Crippen molar-refractivity contribution in [3.05, 3.63) is 48.3 Å². The number of nitrogens with zero attached hydrogens (tertiary/aromatic N) is 2. The second-order valence-electron chi connectivity index (χ2n) is 3.09. The zero-order chi connectivity index (χ0) is 11.1. The average Bonchev–Trinajstić information content (AvgIpc) is 2.31. The van der Waals surface area contributed by atoms with Crippen molar-refractivity contribution in [3.8, 4) is 0 Å². The molecule has 0 aromatic carbocycles. The molecule has 2 nitrogen and oxygen atoms in total. The lowest BCUT2D eigenvalue weighted by Gasteiger charge is -2.01. The van der Waals surface area contributed by atoms with Gasteiger partial charge in [0.25, 0.3) is 0 Å². The van der Waals surface area contributed by atoms with E-state index in [1.165, 1.54) is 5.56 Å². The highest BCUT2D eigenvalue weighted by atomic mass is 14.8. The van der Waals surface area contributed by atoms with Crippen molar-refractivity contribution >= 4 is 11.9 Å². The van der Waals surface area contributed by atoms with Gasteiger partial charge in [-0.2, -0.15) is 0 Å². The fourth-order valence-electron chi connectivity index (χ4n) is 1.21. The van der Waals surface area contributed by atoms with Crippen molar-refractivity contribution in [1.29, 1.82) is 0 Å². The first-order chi connectivity index (χ1) is 7.31. The van der Waals surface area contributed by atoms with E-state index < -0.39 is 0 Å². The van der Waals surface area contributed by atoms with Gasteiger partial charge in [0.05, 0.1) is 11.4 Å². The van der Waals surface area contributed by atoms with E-state index in [9.17, 15) is 0 Å². The number of hydrogen-bond donors (Lipinski definition) is 0. The van der Waals surface area contributed by atoms with Crippen LogP contribution in [0.15, 0.2) is 42.1 Å². The maximum absolute atomic E-state index is 4.36. The van der Waals surface area contributed by atoms with Crippen LogP contribution < -0.4 is 0 Å². The highest BCUT2D eigenvalue weighted by molar-refractivity contribution is 5.78. The SMILES string of the molecule is C=CC=N/C(=C\C)c1ccc(CC)cn1. The minimum atomic E-state index is 0.873. The summed E-state index contributed by atoms with van der Waals surface area (Å²) in [5.74, 6) is 0. The molecular formula is C13H16N2. The molecule has 0 aliphatic carbocycles. The van der Waals surface area contributed by atoms with Crippen LogP contribution in [0.2, 0.25) is 0 Å². The van der Waals surface area contributed by atoms with Crippen molar-refractivity contribution in [2.75, 3.05) is 0 Å². The Hall–Kier alpha value is -1.70. The van der Waals surface area contributed by atoms with E-state index in [4.69, 9.17) is 0 Å². The predicted molar refractivity (Wildman–Crippen MR) is 66.0 cm³/mol. The fraction of sp³-hybridized carbons (Fsp3) is 0.231. The summed E-state index contributed by atoms with van der Waals surface area (Å²) in [6.45, 7) is 7.65. The largest absolute Gasteiger partial charge is 0.255 e. The second kappa shape index (κ2) is 5.91. The molecule has 1 aromatic heterocycles. The zero-order valence-corrected chi connectivity index (χ0v) is 9.27. The molecule has 1 heterocycles. The maximum Gasteiger partial charge on any atom is 0.0882 e. The van der Waals surface area contributed by atoms with E-state index in [1.54, 1.807) is 12.3 Å². The van der Waals surface area contributed by atoms with Gasteiger partial charge in [-0.05, 0) is 25.0 Å². The van der Waals surface area contributed by atoms with Gasteiger partial charge in [0, 0.05) is 12.4 Å². The second-order valence-corrected chi connectivity index (χ2v) is 3.09. The Balaban J connectivity index is 2.93. The summed E-state index contributed by atoms with van der Waals surface area (Å²) in [5, 5.41) is 0. The Morgan fingerprint density at radius 2 is 2.33 bits per heavy atom. The lowest BCUT2D eigenvalue weighted by Crippen LogP contribution is -1.89. The molecular weight excluding hydrogens is 184 g/mol. The Labute approximate surface area is 91.1 Å². The predicted octanol–water partition coefficient (Wildman–Crippen LogP) is 3.26. The van der Waals surface area contributed by atoms with E-state index in [2.05, 4.69) is 29.5 Å². The number of allylic oxidation sites excluding steroid dienone is 2. The maximum atomic E-state index is 4.36. The van der Waals surface area contributed by atoms with Crippen LogP contribution in [0, 0.1) is 0 Å². The molecule has 1 rings (SSSR count). The van der Waals surface area contributed by atoms with Crippen LogP contribution in [0.25, 0.3) is 5.70 Å². The van der Waals surface area contributed by atoms with E-state index >= 15 is 0 Å². The molecule has 0 saturated heterocycles. The van der Waals surface area contributed by atoms with E-state index in [-0.39, 0.29) is 0 Å². The third kappa shape index (κ3) is 3.17. The standard InChI is InChI=1S/C13H16N2/c1-4-9-14-12(6-3)13-8-7-11(5-2)10-15-13/h4,6-10H,1,5H2,2-3H3/b12-6-,14-9?. The molecule has 0 N–H and O–H groups in total. The van der Waals surface area contributed by atoms with Crippen molar-refractivity contribution in [2.24, 2.45) is 4.99 Å². The van der Waals surface area contributed by atoms with Gasteiger partial charge in [-0.1, -0.05) is 31.7 Å². The summed E-state index contributed by atoms with van der Waals surface area (Å²) >= 11 is 0. The topological polar surface area (TPSA) is 25.2 Å². The molecule has 0 aliphatic heterocycles. The van der Waals surface area contributed by atoms with Crippen LogP contribution in [-0.4, -0.2) is 11.2 Å². The molecule has 1 aromatic rings. The lowest BCUT2D eigenvalue weighted by atomic mass is 10.2. The summed E-state index contributed by atoms with van der Waals surface area (Å²) in [4.78, 5) is 8.60. The van der Waals surface area contributed by atoms with E-state index in [1.807, 2.05) is 25.3 Å². The van der Waals surface area contributed by atoms with Crippen molar-refractivity contribution in [3.63, 3.8) is 0 Å². The van der Waals surface area contributed by atoms with Gasteiger partial charge in [0.1, 0.15) is 0 Å². The number of hydrogen-bond acceptors (Lipinski definition) is 2. The summed E-state index contributed by atoms with van der Waals surface area (Å²) in [6.07, 6.45) is 8.17. The van der Waals surface area contributed by atoms with Gasteiger partial charge in [-0.3, -0.25) is 9.98 Å². The van der Waals surface area contributed by atoms with Gasteiger partial charge in [-0.15, -0.1) is 0 Å². The molecule has 0 unspecified atom stereocenters. The number of aromatic nitrogens is 1. The smallest absolute Gasteiger partial charge is 0.0882 e. The van der Waals surface area contributed by atoms with Crippen molar-refractivity contribution in [1.82, 2.24) is 4.98 Å². The molecule has 0 atom stereocenters. The highest BCUT2D eigenvalue weighted by Gasteiger charge is 1.98. The summed E-state index contributed by atoms with van der Waals surface area (Å²) in [5.41, 5.74) is 3.01. The molecule has 78 valence electrons. The van der Waals surface area contributed by atoms with E-state index in [0.717, 1.165) is 17.8 Å². The van der Waals surface area contributed by atoms with Crippen LogP contribution in [0.1, 0.15) is 25.1 Å². The first kappa shape index (κ1) is 11.4. The minimum Gasteiger partial charge on any atom is -0.255 e. The third-order valence-corrected chi connectivity index (χ3v) is 2.09. The molecule has 0 aliphatic rings. The zero-order valence-electron chi connectivity index (χ0n) is 9.27. The van der Waals surface area contributed by atoms with Crippen LogP contribution in [0.3, 0.4) is 0 Å². The first-order valence-corrected chi connectivity index (χ1v) is 5.08. The Morgan fingerprint density at radius 3 is 2.80 bits per heavy atom. The Morgan fingerprint density at radius 1 is 1.53 bits per heavy atom. The minimum absolute atomic E-state index is 0.873. The van der Waals surface area contributed by atoms with Crippen LogP contribution in [0.4, 0.5) is 0 Å². The van der Waals surface area contributed by atoms with Gasteiger partial charge >= 0.3 is 0 Å². The molecule has 15 heavy (non-hydrogen) atoms. The molecule has 0 spiro atoms. The molecule has 0 saturated carbocycles. The van der Waals surface area contributed by atoms with E-state index in [0.29, 0.717) is 0 Å². The molecule has 0 fully saturated rings. The fourth-order valence-corrected chi connectivity index (χ4v) is 1.21. The van der Waals surface area contributed by atoms with Gasteiger partial charge in [0.2, 0.25) is 0 Å². The van der Waals surface area contributed by atoms with Crippen LogP contribution in [-0.2, 0) is 6.42 Å². The lowest BCUT2D eigenvalue weighted by molar-refractivity contribution is 1.09. The van der Waals surface area contributed by atoms with Crippen LogP contribution in [0.5, 0.6) is 0 Å². The summed E-state index contributed by atoms with van der Waals surface area (Å²) in [7, 11) is 0. The molecule has 2 heteroatoms. The number of rotatable bonds is 4. The normalized spacial score (nSPS) is 12.0. The Kier molecular flexibility index (Phi) is 4.48. The summed E-state index contributed by atoms with van der Waals surface area (Å²) in [6, 6.07) is 4.07. The van der Waals surface area contributed by atoms with Crippen molar-refractivity contribution < 1.29 is 0 Å². The average molecular weight is 200 g/mol. The Bertz CT molecular complexity index is 372. The number of pyridine rings is 1. The number of aryl methyl sites for hydroxylation is 1. The quantitative estimate of drug-likeness (QED) is 0.685. The molecule has 0 radical (unpaired) electrons. The highest BCUT2D eigenvalue weighted by Crippen LogP contribution is 2.13. The third-order valence-electron chi connectivity index (χ3n) is 2.09. The van der Waals surface area contributed by atoms with Gasteiger partial charge in [-0.25, -0.2) is 0 Å². The van der Waals surface area contributed by atoms with Gasteiger partial charge < -0.3 is 0 Å². The van der Waals surface area contributed by atoms with Crippen molar-refractivity contribution in [2.45, 2.75) is 20.3 Å². The number of aliphatic imine (C=N–C) groups is 1. The molecule has 0 bridgehead atoms. The first-order valence-electron chi connectivity index (χ1n) is 5.08. The molecule has 0 amide bonds. The van der Waals surface area contributed by atoms with Gasteiger partial charge in [0.15, 0.2) is 0 Å². The summed E-state index contributed by atoms with van der Waals surface area (Å²) < 4.78 is 0. The van der Waals surface area contributed by atoms with Crippen LogP contribution >= 0.6 is 0 Å².